The number of carbonyl (C=O) groups is 2. The van der Waals surface area contributed by atoms with Crippen LogP contribution in [0.2, 0.25) is 0 Å². The minimum atomic E-state index is 0.0162. The van der Waals surface area contributed by atoms with Crippen molar-refractivity contribution >= 4 is 12.1 Å². The molecular weight excluding hydrogens is 344 g/mol. The molecule has 0 aromatic heterocycles. The van der Waals surface area contributed by atoms with Crippen molar-refractivity contribution in [1.29, 1.82) is 0 Å². The monoisotopic (exact) mass is 372 g/mol. The van der Waals surface area contributed by atoms with Crippen LogP contribution in [0.1, 0.15) is 24.0 Å². The molecule has 0 unspecified atom stereocenters. The SMILES string of the molecule is O=C(NC1CCN(C(=O)N2CCOCC2)CC1)N1CCc2ccccc2C1. The maximum absolute atomic E-state index is 12.7. The molecule has 27 heavy (non-hydrogen) atoms. The highest BCUT2D eigenvalue weighted by molar-refractivity contribution is 5.76. The second kappa shape index (κ2) is 8.17. The molecule has 3 aliphatic rings. The van der Waals surface area contributed by atoms with Gasteiger partial charge in [0.15, 0.2) is 0 Å². The van der Waals surface area contributed by atoms with E-state index in [9.17, 15) is 9.59 Å². The first-order chi connectivity index (χ1) is 13.2. The van der Waals surface area contributed by atoms with Crippen molar-refractivity contribution < 1.29 is 14.3 Å². The van der Waals surface area contributed by atoms with E-state index in [1.54, 1.807) is 0 Å². The van der Waals surface area contributed by atoms with Crippen LogP contribution in [0.4, 0.5) is 9.59 Å². The van der Waals surface area contributed by atoms with Gasteiger partial charge in [0.1, 0.15) is 0 Å². The predicted molar refractivity (Wildman–Crippen MR) is 101 cm³/mol. The summed E-state index contributed by atoms with van der Waals surface area (Å²) in [6, 6.07) is 8.60. The lowest BCUT2D eigenvalue weighted by molar-refractivity contribution is 0.0408. The zero-order valence-corrected chi connectivity index (χ0v) is 15.7. The average Bonchev–Trinajstić information content (AvgIpc) is 2.74. The summed E-state index contributed by atoms with van der Waals surface area (Å²) >= 11 is 0. The lowest BCUT2D eigenvalue weighted by Crippen LogP contribution is -2.54. The van der Waals surface area contributed by atoms with Gasteiger partial charge in [-0.15, -0.1) is 0 Å². The van der Waals surface area contributed by atoms with Crippen molar-refractivity contribution in [3.05, 3.63) is 35.4 Å². The molecule has 0 bridgehead atoms. The number of benzene rings is 1. The van der Waals surface area contributed by atoms with Crippen LogP contribution in [-0.4, -0.2) is 78.7 Å². The Kier molecular flexibility index (Phi) is 5.48. The van der Waals surface area contributed by atoms with E-state index in [0.29, 0.717) is 45.9 Å². The van der Waals surface area contributed by atoms with Crippen LogP contribution in [0.3, 0.4) is 0 Å². The van der Waals surface area contributed by atoms with E-state index in [1.807, 2.05) is 20.8 Å². The van der Waals surface area contributed by atoms with E-state index < -0.39 is 0 Å². The van der Waals surface area contributed by atoms with E-state index in [-0.39, 0.29) is 18.1 Å². The third kappa shape index (κ3) is 4.18. The van der Waals surface area contributed by atoms with Gasteiger partial charge in [0.05, 0.1) is 13.2 Å². The summed E-state index contributed by atoms with van der Waals surface area (Å²) in [5.41, 5.74) is 2.58. The predicted octanol–water partition coefficient (Wildman–Crippen LogP) is 1.67. The number of morpholine rings is 1. The van der Waals surface area contributed by atoms with Crippen LogP contribution in [0, 0.1) is 0 Å². The molecular formula is C20H28N4O3. The zero-order valence-electron chi connectivity index (χ0n) is 15.7. The summed E-state index contributed by atoms with van der Waals surface area (Å²) < 4.78 is 5.31. The smallest absolute Gasteiger partial charge is 0.320 e. The number of nitrogens with one attached hydrogen (secondary N) is 1. The number of nitrogens with zero attached hydrogens (tertiary/aromatic N) is 3. The normalized spacial score (nSPS) is 21.0. The first kappa shape index (κ1) is 18.1. The van der Waals surface area contributed by atoms with Gasteiger partial charge in [-0.2, -0.15) is 0 Å². The minimum absolute atomic E-state index is 0.0162. The van der Waals surface area contributed by atoms with Gasteiger partial charge in [0.2, 0.25) is 0 Å². The number of fused-ring (bicyclic) bond motifs is 1. The Morgan fingerprint density at radius 2 is 1.56 bits per heavy atom. The molecule has 4 amide bonds. The van der Waals surface area contributed by atoms with Crippen LogP contribution in [0.15, 0.2) is 24.3 Å². The second-order valence-electron chi connectivity index (χ2n) is 7.53. The van der Waals surface area contributed by atoms with E-state index in [2.05, 4.69) is 23.5 Å². The molecule has 4 rings (SSSR count). The maximum Gasteiger partial charge on any atom is 0.320 e. The number of urea groups is 2. The molecule has 2 saturated heterocycles. The molecule has 3 aliphatic heterocycles. The number of ether oxygens (including phenoxy) is 1. The van der Waals surface area contributed by atoms with Crippen molar-refractivity contribution in [1.82, 2.24) is 20.0 Å². The van der Waals surface area contributed by atoms with E-state index in [1.165, 1.54) is 11.1 Å². The average molecular weight is 372 g/mol. The Labute approximate surface area is 160 Å². The summed E-state index contributed by atoms with van der Waals surface area (Å²) in [4.78, 5) is 30.9. The van der Waals surface area contributed by atoms with Crippen LogP contribution in [-0.2, 0) is 17.7 Å². The maximum atomic E-state index is 12.7. The van der Waals surface area contributed by atoms with Gasteiger partial charge in [0, 0.05) is 45.3 Å². The molecule has 3 heterocycles. The molecule has 2 fully saturated rings. The Hall–Kier alpha value is -2.28. The molecule has 146 valence electrons. The number of hydrogen-bond acceptors (Lipinski definition) is 3. The number of hydrogen-bond donors (Lipinski definition) is 1. The van der Waals surface area contributed by atoms with Gasteiger partial charge >= 0.3 is 12.1 Å². The molecule has 0 spiro atoms. The Balaban J connectivity index is 1.24. The van der Waals surface area contributed by atoms with Crippen LogP contribution >= 0.6 is 0 Å². The fourth-order valence-corrected chi connectivity index (χ4v) is 4.10. The fraction of sp³-hybridized carbons (Fsp3) is 0.600. The zero-order chi connectivity index (χ0) is 18.6. The number of rotatable bonds is 1. The lowest BCUT2D eigenvalue weighted by atomic mass is 10.00. The van der Waals surface area contributed by atoms with Crippen LogP contribution in [0.5, 0.6) is 0 Å². The van der Waals surface area contributed by atoms with Gasteiger partial charge in [-0.05, 0) is 30.4 Å². The quantitative estimate of drug-likeness (QED) is 0.816. The molecule has 0 atom stereocenters. The third-order valence-corrected chi connectivity index (χ3v) is 5.79. The fourth-order valence-electron chi connectivity index (χ4n) is 4.10. The molecule has 7 heteroatoms. The molecule has 0 radical (unpaired) electrons. The van der Waals surface area contributed by atoms with Crippen LogP contribution < -0.4 is 5.32 Å². The summed E-state index contributed by atoms with van der Waals surface area (Å²) in [7, 11) is 0. The van der Waals surface area contributed by atoms with Crippen molar-refractivity contribution in [2.45, 2.75) is 31.8 Å². The lowest BCUT2D eigenvalue weighted by Gasteiger charge is -2.38. The standard InChI is InChI=1S/C20H28N4O3/c25-19(24-8-5-16-3-1-2-4-17(16)15-24)21-18-6-9-22(10-7-18)20(26)23-11-13-27-14-12-23/h1-4,18H,5-15H2,(H,21,25). The summed E-state index contributed by atoms with van der Waals surface area (Å²) in [6.07, 6.45) is 2.54. The molecule has 1 aromatic rings. The van der Waals surface area contributed by atoms with Crippen molar-refractivity contribution in [2.24, 2.45) is 0 Å². The van der Waals surface area contributed by atoms with Gasteiger partial charge in [-0.25, -0.2) is 9.59 Å². The summed E-state index contributed by atoms with van der Waals surface area (Å²) in [5.74, 6) is 0. The van der Waals surface area contributed by atoms with Gasteiger partial charge < -0.3 is 24.8 Å². The summed E-state index contributed by atoms with van der Waals surface area (Å²) in [5, 5.41) is 3.17. The van der Waals surface area contributed by atoms with Crippen LogP contribution in [0.25, 0.3) is 0 Å². The number of piperidine rings is 1. The second-order valence-corrected chi connectivity index (χ2v) is 7.53. The van der Waals surface area contributed by atoms with Crippen molar-refractivity contribution in [2.75, 3.05) is 45.9 Å². The number of amides is 4. The van der Waals surface area contributed by atoms with Crippen molar-refractivity contribution in [3.63, 3.8) is 0 Å². The highest BCUT2D eigenvalue weighted by atomic mass is 16.5. The van der Waals surface area contributed by atoms with E-state index in [4.69, 9.17) is 4.74 Å². The molecule has 0 saturated carbocycles. The largest absolute Gasteiger partial charge is 0.378 e. The van der Waals surface area contributed by atoms with E-state index >= 15 is 0 Å². The number of carbonyl (C=O) groups excluding carboxylic acids is 2. The molecule has 7 nitrogen and oxygen atoms in total. The summed E-state index contributed by atoms with van der Waals surface area (Å²) in [6.45, 7) is 5.42. The van der Waals surface area contributed by atoms with E-state index in [0.717, 1.165) is 25.8 Å². The first-order valence-corrected chi connectivity index (χ1v) is 9.94. The minimum Gasteiger partial charge on any atom is -0.378 e. The highest BCUT2D eigenvalue weighted by Crippen LogP contribution is 2.19. The third-order valence-electron chi connectivity index (χ3n) is 5.79. The Morgan fingerprint density at radius 3 is 2.30 bits per heavy atom. The topological polar surface area (TPSA) is 65.1 Å². The highest BCUT2D eigenvalue weighted by Gasteiger charge is 2.29. The van der Waals surface area contributed by atoms with Gasteiger partial charge in [0.25, 0.3) is 0 Å². The molecule has 1 aromatic carbocycles. The van der Waals surface area contributed by atoms with Gasteiger partial charge in [-0.1, -0.05) is 24.3 Å². The number of likely N-dealkylation sites (tertiary alicyclic amines) is 1. The molecule has 1 N–H and O–H groups in total. The van der Waals surface area contributed by atoms with Gasteiger partial charge in [-0.3, -0.25) is 0 Å². The van der Waals surface area contributed by atoms with Crippen molar-refractivity contribution in [3.8, 4) is 0 Å². The first-order valence-electron chi connectivity index (χ1n) is 9.94. The Morgan fingerprint density at radius 1 is 0.889 bits per heavy atom. The Bertz CT molecular complexity index is 682. The molecule has 0 aliphatic carbocycles.